The van der Waals surface area contributed by atoms with E-state index in [-0.39, 0.29) is 11.5 Å². The van der Waals surface area contributed by atoms with E-state index in [0.717, 1.165) is 0 Å². The second kappa shape index (κ2) is 6.87. The lowest BCUT2D eigenvalue weighted by molar-refractivity contribution is 0.103. The molecule has 0 amide bonds. The van der Waals surface area contributed by atoms with Gasteiger partial charge in [-0.2, -0.15) is 0 Å². The van der Waals surface area contributed by atoms with Crippen LogP contribution in [0.2, 0.25) is 0 Å². The zero-order valence-corrected chi connectivity index (χ0v) is 14.9. The van der Waals surface area contributed by atoms with Crippen molar-refractivity contribution < 1.29 is 28.8 Å². The summed E-state index contributed by atoms with van der Waals surface area (Å²) in [7, 11) is 5.94. The molecule has 2 N–H and O–H groups in total. The van der Waals surface area contributed by atoms with E-state index in [2.05, 4.69) is 4.98 Å². The number of aromatic hydroxyl groups is 1. The number of H-pyrrole nitrogens is 1. The number of ketones is 1. The number of hydrogen-bond acceptors (Lipinski definition) is 6. The molecule has 136 valence electrons. The lowest BCUT2D eigenvalue weighted by Gasteiger charge is -2.13. The largest absolute Gasteiger partial charge is 0.504 e. The van der Waals surface area contributed by atoms with Crippen molar-refractivity contribution in [3.8, 4) is 28.7 Å². The zero-order chi connectivity index (χ0) is 18.8. The molecule has 0 saturated carbocycles. The van der Waals surface area contributed by atoms with E-state index in [1.165, 1.54) is 34.5 Å². The lowest BCUT2D eigenvalue weighted by atomic mass is 10.0. The first-order valence-electron chi connectivity index (χ1n) is 7.76. The second-order valence-corrected chi connectivity index (χ2v) is 5.52. The number of carbonyl (C=O) groups is 1. The summed E-state index contributed by atoms with van der Waals surface area (Å²) in [6.45, 7) is 0. The summed E-state index contributed by atoms with van der Waals surface area (Å²) in [6, 6.07) is 6.31. The van der Waals surface area contributed by atoms with Crippen LogP contribution in [0.15, 0.2) is 30.5 Å². The fraction of sp³-hybridized carbons (Fsp3) is 0.211. The third kappa shape index (κ3) is 2.77. The highest BCUT2D eigenvalue weighted by atomic mass is 16.5. The van der Waals surface area contributed by atoms with Crippen molar-refractivity contribution in [2.75, 3.05) is 28.4 Å². The Morgan fingerprint density at radius 2 is 1.50 bits per heavy atom. The van der Waals surface area contributed by atoms with Crippen LogP contribution >= 0.6 is 0 Å². The predicted octanol–water partition coefficient (Wildman–Crippen LogP) is 3.14. The van der Waals surface area contributed by atoms with Crippen molar-refractivity contribution in [3.05, 3.63) is 41.6 Å². The van der Waals surface area contributed by atoms with Crippen molar-refractivity contribution in [2.24, 2.45) is 0 Å². The van der Waals surface area contributed by atoms with Gasteiger partial charge in [0, 0.05) is 28.8 Å². The van der Waals surface area contributed by atoms with Gasteiger partial charge in [0.25, 0.3) is 0 Å². The molecule has 7 heteroatoms. The number of hydrogen-bond donors (Lipinski definition) is 2. The first kappa shape index (κ1) is 17.5. The molecule has 0 atom stereocenters. The van der Waals surface area contributed by atoms with Crippen molar-refractivity contribution in [3.63, 3.8) is 0 Å². The minimum atomic E-state index is -0.250. The van der Waals surface area contributed by atoms with Gasteiger partial charge in [-0.1, -0.05) is 0 Å². The fourth-order valence-corrected chi connectivity index (χ4v) is 2.86. The Morgan fingerprint density at radius 1 is 0.885 bits per heavy atom. The lowest BCUT2D eigenvalue weighted by Crippen LogP contribution is -2.03. The number of ether oxygens (including phenoxy) is 4. The molecule has 0 aliphatic carbocycles. The number of aromatic nitrogens is 1. The molecule has 0 saturated heterocycles. The van der Waals surface area contributed by atoms with E-state index in [0.29, 0.717) is 45.0 Å². The normalized spacial score (nSPS) is 10.6. The molecule has 0 unspecified atom stereocenters. The third-order valence-electron chi connectivity index (χ3n) is 4.15. The van der Waals surface area contributed by atoms with Gasteiger partial charge in [-0.05, 0) is 18.2 Å². The van der Waals surface area contributed by atoms with Gasteiger partial charge in [0.15, 0.2) is 28.8 Å². The summed E-state index contributed by atoms with van der Waals surface area (Å²) in [5, 5.41) is 10.6. The quantitative estimate of drug-likeness (QED) is 0.659. The first-order valence-corrected chi connectivity index (χ1v) is 7.76. The molecule has 3 rings (SSSR count). The molecule has 0 fully saturated rings. The maximum Gasteiger partial charge on any atom is 0.203 e. The molecule has 26 heavy (non-hydrogen) atoms. The number of phenolic OH excluding ortho intramolecular Hbond substituents is 1. The number of phenols is 1. The number of rotatable bonds is 6. The van der Waals surface area contributed by atoms with Gasteiger partial charge < -0.3 is 29.0 Å². The standard InChI is InChI=1S/C19H19NO6/c1-23-15-8-13-11(7-14(15)21)12(9-20-13)18(22)10-5-16(24-2)19(26-4)17(6-10)25-3/h5-9,20-21H,1-4H3. The maximum absolute atomic E-state index is 13.0. The van der Waals surface area contributed by atoms with Crippen LogP contribution in [0.5, 0.6) is 28.7 Å². The summed E-state index contributed by atoms with van der Waals surface area (Å²) in [6.07, 6.45) is 1.59. The SMILES string of the molecule is COc1cc2[nH]cc(C(=O)c3cc(OC)c(OC)c(OC)c3)c2cc1O. The van der Waals surface area contributed by atoms with Crippen LogP contribution in [0, 0.1) is 0 Å². The summed E-state index contributed by atoms with van der Waals surface area (Å²) < 4.78 is 21.0. The highest BCUT2D eigenvalue weighted by Gasteiger charge is 2.21. The Labute approximate surface area is 150 Å². The highest BCUT2D eigenvalue weighted by Crippen LogP contribution is 2.39. The summed E-state index contributed by atoms with van der Waals surface area (Å²) in [5.41, 5.74) is 1.46. The number of fused-ring (bicyclic) bond motifs is 1. The minimum Gasteiger partial charge on any atom is -0.504 e. The van der Waals surface area contributed by atoms with Crippen LogP contribution in [0.25, 0.3) is 10.9 Å². The van der Waals surface area contributed by atoms with Gasteiger partial charge in [-0.25, -0.2) is 0 Å². The van der Waals surface area contributed by atoms with Crippen molar-refractivity contribution in [1.29, 1.82) is 0 Å². The maximum atomic E-state index is 13.0. The molecule has 3 aromatic rings. The highest BCUT2D eigenvalue weighted by molar-refractivity contribution is 6.17. The van der Waals surface area contributed by atoms with E-state index < -0.39 is 0 Å². The molecule has 0 aliphatic heterocycles. The van der Waals surface area contributed by atoms with Crippen molar-refractivity contribution in [1.82, 2.24) is 4.98 Å². The Morgan fingerprint density at radius 3 is 2.04 bits per heavy atom. The van der Waals surface area contributed by atoms with Crippen molar-refractivity contribution >= 4 is 16.7 Å². The molecule has 1 aromatic heterocycles. The predicted molar refractivity (Wildman–Crippen MR) is 96.0 cm³/mol. The topological polar surface area (TPSA) is 90.0 Å². The van der Waals surface area contributed by atoms with Crippen molar-refractivity contribution in [2.45, 2.75) is 0 Å². The summed E-state index contributed by atoms with van der Waals surface area (Å²) >= 11 is 0. The molecule has 0 spiro atoms. The van der Waals surface area contributed by atoms with Gasteiger partial charge in [-0.15, -0.1) is 0 Å². The minimum absolute atomic E-state index is 0.0430. The molecule has 0 radical (unpaired) electrons. The summed E-state index contributed by atoms with van der Waals surface area (Å²) in [4.78, 5) is 16.1. The van der Waals surface area contributed by atoms with Crippen LogP contribution in [-0.2, 0) is 0 Å². The molecule has 7 nitrogen and oxygen atoms in total. The second-order valence-electron chi connectivity index (χ2n) is 5.52. The van der Waals surface area contributed by atoms with Gasteiger partial charge >= 0.3 is 0 Å². The first-order chi connectivity index (χ1) is 12.5. The molecule has 0 aliphatic rings. The monoisotopic (exact) mass is 357 g/mol. The van der Waals surface area contributed by atoms with E-state index in [1.807, 2.05) is 0 Å². The fourth-order valence-electron chi connectivity index (χ4n) is 2.86. The number of aromatic amines is 1. The van der Waals surface area contributed by atoms with E-state index in [4.69, 9.17) is 18.9 Å². The smallest absolute Gasteiger partial charge is 0.203 e. The van der Waals surface area contributed by atoms with Gasteiger partial charge in [0.2, 0.25) is 5.75 Å². The Kier molecular flexibility index (Phi) is 4.62. The average Bonchev–Trinajstić information content (AvgIpc) is 3.07. The van der Waals surface area contributed by atoms with E-state index >= 15 is 0 Å². The third-order valence-corrected chi connectivity index (χ3v) is 4.15. The average molecular weight is 357 g/mol. The van der Waals surface area contributed by atoms with Gasteiger partial charge in [0.1, 0.15) is 0 Å². The van der Waals surface area contributed by atoms with E-state index in [1.54, 1.807) is 24.4 Å². The number of methoxy groups -OCH3 is 4. The molecule has 2 aromatic carbocycles. The Balaban J connectivity index is 2.13. The number of benzene rings is 2. The van der Waals surface area contributed by atoms with Crippen LogP contribution in [0.4, 0.5) is 0 Å². The van der Waals surface area contributed by atoms with Gasteiger partial charge in [0.05, 0.1) is 34.0 Å². The van der Waals surface area contributed by atoms with Crippen LogP contribution in [0.1, 0.15) is 15.9 Å². The zero-order valence-electron chi connectivity index (χ0n) is 14.9. The number of nitrogens with one attached hydrogen (secondary N) is 1. The Hall–Kier alpha value is -3.35. The van der Waals surface area contributed by atoms with Crippen LogP contribution in [-0.4, -0.2) is 44.3 Å². The van der Waals surface area contributed by atoms with Crippen LogP contribution in [0.3, 0.4) is 0 Å². The molecular formula is C19H19NO6. The molecule has 0 bridgehead atoms. The number of carbonyl (C=O) groups excluding carboxylic acids is 1. The molecule has 1 heterocycles. The Bertz CT molecular complexity index is 951. The molecular weight excluding hydrogens is 338 g/mol. The van der Waals surface area contributed by atoms with Crippen LogP contribution < -0.4 is 18.9 Å². The summed E-state index contributed by atoms with van der Waals surface area (Å²) in [5.74, 6) is 1.22. The van der Waals surface area contributed by atoms with Gasteiger partial charge in [-0.3, -0.25) is 4.79 Å². The van der Waals surface area contributed by atoms with E-state index in [9.17, 15) is 9.90 Å².